The van der Waals surface area contributed by atoms with Gasteiger partial charge < -0.3 is 9.16 Å². The maximum atomic E-state index is 6.31. The highest BCUT2D eigenvalue weighted by atomic mass is 28.4. The SMILES string of the molecule is CCC(C)CC(CC(=C1C=CC(OCCCCCCO[Si](C)(C)C(C)(C)C)=C[CH-]1)c1ccccc1)c1ccccc1. The maximum absolute atomic E-state index is 6.31. The number of hydrogen-bond donors (Lipinski definition) is 0. The minimum atomic E-state index is -1.62. The van der Waals surface area contributed by atoms with Gasteiger partial charge in [-0.2, -0.15) is 0 Å². The smallest absolute Gasteiger partial charge is 0.191 e. The molecule has 0 fully saturated rings. The Labute approximate surface area is 253 Å². The average molecular weight is 572 g/mol. The van der Waals surface area contributed by atoms with Crippen molar-refractivity contribution in [2.75, 3.05) is 13.2 Å². The molecule has 41 heavy (non-hydrogen) atoms. The maximum Gasteiger partial charge on any atom is 0.191 e. The van der Waals surface area contributed by atoms with Gasteiger partial charge in [0.2, 0.25) is 0 Å². The topological polar surface area (TPSA) is 18.5 Å². The summed E-state index contributed by atoms with van der Waals surface area (Å²) in [5, 5.41) is 0.285. The average Bonchev–Trinajstić information content (AvgIpc) is 2.97. The first-order valence-electron chi connectivity index (χ1n) is 15.9. The highest BCUT2D eigenvalue weighted by molar-refractivity contribution is 6.74. The Bertz CT molecular complexity index is 1120. The lowest BCUT2D eigenvalue weighted by Crippen LogP contribution is -2.40. The van der Waals surface area contributed by atoms with Crippen LogP contribution in [0.15, 0.2) is 90.2 Å². The molecule has 1 aliphatic carbocycles. The zero-order valence-corrected chi connectivity index (χ0v) is 27.9. The van der Waals surface area contributed by atoms with Gasteiger partial charge in [0.1, 0.15) is 0 Å². The van der Waals surface area contributed by atoms with Crippen LogP contribution in [0, 0.1) is 12.3 Å². The molecule has 0 aliphatic heterocycles. The van der Waals surface area contributed by atoms with Gasteiger partial charge in [-0.25, -0.2) is 0 Å². The molecular formula is C38H55O2Si-. The van der Waals surface area contributed by atoms with Crippen LogP contribution in [0.5, 0.6) is 0 Å². The van der Waals surface area contributed by atoms with Crippen molar-refractivity contribution in [3.05, 3.63) is 108 Å². The van der Waals surface area contributed by atoms with Gasteiger partial charge >= 0.3 is 0 Å². The van der Waals surface area contributed by atoms with Gasteiger partial charge in [-0.3, -0.25) is 0 Å². The summed E-state index contributed by atoms with van der Waals surface area (Å²) < 4.78 is 12.4. The molecule has 0 amide bonds. The summed E-state index contributed by atoms with van der Waals surface area (Å²) in [5.74, 6) is 2.14. The van der Waals surface area contributed by atoms with Crippen molar-refractivity contribution in [3.8, 4) is 0 Å². The highest BCUT2D eigenvalue weighted by Crippen LogP contribution is 2.38. The van der Waals surface area contributed by atoms with Crippen LogP contribution >= 0.6 is 0 Å². The largest absolute Gasteiger partial charge is 0.537 e. The van der Waals surface area contributed by atoms with Crippen LogP contribution in [0.4, 0.5) is 0 Å². The molecule has 2 nitrogen and oxygen atoms in total. The van der Waals surface area contributed by atoms with Crippen molar-refractivity contribution >= 4 is 13.9 Å². The van der Waals surface area contributed by atoms with Crippen molar-refractivity contribution in [2.24, 2.45) is 5.92 Å². The molecule has 2 aromatic rings. The lowest BCUT2D eigenvalue weighted by Gasteiger charge is -2.36. The van der Waals surface area contributed by atoms with Crippen LogP contribution in [-0.2, 0) is 9.16 Å². The second-order valence-corrected chi connectivity index (χ2v) is 18.1. The summed E-state index contributed by atoms with van der Waals surface area (Å²) >= 11 is 0. The molecule has 1 aliphatic rings. The van der Waals surface area contributed by atoms with Crippen LogP contribution in [0.3, 0.4) is 0 Å². The molecule has 2 aromatic carbocycles. The van der Waals surface area contributed by atoms with Gasteiger partial charge in [0.15, 0.2) is 8.32 Å². The summed E-state index contributed by atoms with van der Waals surface area (Å²) in [4.78, 5) is 0. The predicted octanol–water partition coefficient (Wildman–Crippen LogP) is 11.3. The molecule has 0 N–H and O–H groups in total. The molecule has 0 radical (unpaired) electrons. The van der Waals surface area contributed by atoms with Crippen molar-refractivity contribution in [1.29, 1.82) is 0 Å². The molecule has 224 valence electrons. The van der Waals surface area contributed by atoms with Gasteiger partial charge in [0.25, 0.3) is 0 Å². The zero-order chi connectivity index (χ0) is 29.7. The van der Waals surface area contributed by atoms with Crippen molar-refractivity contribution < 1.29 is 9.16 Å². The number of unbranched alkanes of at least 4 members (excludes halogenated alkanes) is 3. The van der Waals surface area contributed by atoms with E-state index in [4.69, 9.17) is 9.16 Å². The Balaban J connectivity index is 1.56. The summed E-state index contributed by atoms with van der Waals surface area (Å²) in [6.45, 7) is 17.9. The minimum Gasteiger partial charge on any atom is -0.537 e. The van der Waals surface area contributed by atoms with E-state index in [0.29, 0.717) is 11.8 Å². The van der Waals surface area contributed by atoms with E-state index in [1.54, 1.807) is 0 Å². The van der Waals surface area contributed by atoms with Crippen molar-refractivity contribution in [1.82, 2.24) is 0 Å². The molecule has 0 heterocycles. The Hall–Kier alpha value is -2.49. The molecule has 0 aromatic heterocycles. The van der Waals surface area contributed by atoms with E-state index in [0.717, 1.165) is 38.2 Å². The number of benzene rings is 2. The number of ether oxygens (including phenoxy) is 1. The van der Waals surface area contributed by atoms with Gasteiger partial charge in [-0.15, -0.1) is 35.8 Å². The molecule has 3 rings (SSSR count). The first-order valence-corrected chi connectivity index (χ1v) is 18.8. The fourth-order valence-electron chi connectivity index (χ4n) is 5.05. The Morgan fingerprint density at radius 2 is 1.49 bits per heavy atom. The highest BCUT2D eigenvalue weighted by Gasteiger charge is 2.36. The standard InChI is InChI=1S/C38H55O2Si/c1-8-31(2)29-35(32-19-13-11-14-20-32)30-37(33-21-15-12-16-22-33)34-23-25-36(26-24-34)39-27-17-9-10-18-28-40-41(6,7)38(3,4)5/h11-16,19-26,31,35H,8-10,17-18,27-30H2,1-7H3/q-1. The molecule has 2 unspecified atom stereocenters. The number of allylic oxidation sites excluding steroid dienone is 5. The van der Waals surface area contributed by atoms with E-state index in [9.17, 15) is 0 Å². The Morgan fingerprint density at radius 3 is 2.07 bits per heavy atom. The third-order valence-electron chi connectivity index (χ3n) is 9.01. The third-order valence-corrected chi connectivity index (χ3v) is 13.5. The summed E-state index contributed by atoms with van der Waals surface area (Å²) in [6.07, 6.45) is 16.8. The van der Waals surface area contributed by atoms with E-state index < -0.39 is 8.32 Å². The van der Waals surface area contributed by atoms with Gasteiger partial charge in [0, 0.05) is 12.4 Å². The summed E-state index contributed by atoms with van der Waals surface area (Å²) in [7, 11) is -1.62. The van der Waals surface area contributed by atoms with Crippen LogP contribution in [0.2, 0.25) is 18.1 Å². The first-order chi connectivity index (χ1) is 19.6. The summed E-state index contributed by atoms with van der Waals surface area (Å²) in [6, 6.07) is 22.0. The molecule has 0 saturated carbocycles. The van der Waals surface area contributed by atoms with Crippen LogP contribution < -0.4 is 0 Å². The summed E-state index contributed by atoms with van der Waals surface area (Å²) in [5.41, 5.74) is 5.45. The lowest BCUT2D eigenvalue weighted by atomic mass is 9.80. The third kappa shape index (κ3) is 10.7. The van der Waals surface area contributed by atoms with Crippen molar-refractivity contribution in [2.45, 2.75) is 104 Å². The van der Waals surface area contributed by atoms with Gasteiger partial charge in [0.05, 0.1) is 6.61 Å². The minimum absolute atomic E-state index is 0.285. The second-order valence-electron chi connectivity index (χ2n) is 13.3. The van der Waals surface area contributed by atoms with Gasteiger partial charge in [-0.1, -0.05) is 127 Å². The fraction of sp³-hybridized carbons (Fsp3) is 0.500. The normalized spacial score (nSPS) is 16.5. The van der Waals surface area contributed by atoms with E-state index in [1.807, 2.05) is 0 Å². The van der Waals surface area contributed by atoms with Crippen molar-refractivity contribution in [3.63, 3.8) is 0 Å². The predicted molar refractivity (Wildman–Crippen MR) is 180 cm³/mol. The van der Waals surface area contributed by atoms with E-state index >= 15 is 0 Å². The van der Waals surface area contributed by atoms with E-state index in [1.165, 1.54) is 48.0 Å². The molecule has 0 spiro atoms. The molecule has 2 atom stereocenters. The number of rotatable bonds is 16. The Kier molecular flexibility index (Phi) is 13.1. The molecule has 0 bridgehead atoms. The van der Waals surface area contributed by atoms with Crippen LogP contribution in [-0.4, -0.2) is 21.5 Å². The number of hydrogen-bond acceptors (Lipinski definition) is 2. The first kappa shape index (κ1) is 33.0. The lowest BCUT2D eigenvalue weighted by molar-refractivity contribution is 0.214. The van der Waals surface area contributed by atoms with Gasteiger partial charge in [-0.05, 0) is 54.8 Å². The quantitative estimate of drug-likeness (QED) is 0.113. The van der Waals surface area contributed by atoms with Crippen LogP contribution in [0.25, 0.3) is 5.57 Å². The fourth-order valence-corrected chi connectivity index (χ4v) is 6.13. The second kappa shape index (κ2) is 16.2. The molecule has 0 saturated heterocycles. The van der Waals surface area contributed by atoms with E-state index in [-0.39, 0.29) is 5.04 Å². The molecule has 3 heteroatoms. The van der Waals surface area contributed by atoms with Crippen LogP contribution in [0.1, 0.15) is 96.6 Å². The van der Waals surface area contributed by atoms with E-state index in [2.05, 4.69) is 133 Å². The molecular weight excluding hydrogens is 517 g/mol. The monoisotopic (exact) mass is 571 g/mol. The zero-order valence-electron chi connectivity index (χ0n) is 26.9. The Morgan fingerprint density at radius 1 is 0.854 bits per heavy atom.